The topological polar surface area (TPSA) is 28.2 Å². The van der Waals surface area contributed by atoms with Crippen molar-refractivity contribution in [1.82, 2.24) is 10.3 Å². The Morgan fingerprint density at radius 3 is 3.05 bits per heavy atom. The number of benzene rings is 1. The second kappa shape index (κ2) is 5.31. The van der Waals surface area contributed by atoms with Crippen LogP contribution in [0.15, 0.2) is 23.6 Å². The van der Waals surface area contributed by atoms with Gasteiger partial charge < -0.3 is 10.2 Å². The van der Waals surface area contributed by atoms with Crippen LogP contribution >= 0.6 is 11.3 Å². The van der Waals surface area contributed by atoms with Crippen LogP contribution in [0.4, 0.5) is 5.69 Å². The molecule has 0 spiro atoms. The Bertz CT molecular complexity index is 577. The number of anilines is 1. The summed E-state index contributed by atoms with van der Waals surface area (Å²) in [6, 6.07) is 6.80. The molecule has 0 bridgehead atoms. The molecule has 1 N–H and O–H groups in total. The van der Waals surface area contributed by atoms with Gasteiger partial charge in [-0.15, -0.1) is 11.3 Å². The summed E-state index contributed by atoms with van der Waals surface area (Å²) in [4.78, 5) is 6.78. The van der Waals surface area contributed by atoms with E-state index in [1.807, 2.05) is 6.92 Å². The van der Waals surface area contributed by atoms with Crippen LogP contribution < -0.4 is 10.2 Å². The molecule has 2 heterocycles. The highest BCUT2D eigenvalue weighted by Gasteiger charge is 2.15. The minimum atomic E-state index is 0.849. The number of rotatable bonds is 4. The molecular formula is C15H19N3S. The van der Waals surface area contributed by atoms with Gasteiger partial charge in [0.2, 0.25) is 0 Å². The lowest BCUT2D eigenvalue weighted by Gasteiger charge is -2.12. The first kappa shape index (κ1) is 12.6. The lowest BCUT2D eigenvalue weighted by Crippen LogP contribution is -2.13. The highest BCUT2D eigenvalue weighted by molar-refractivity contribution is 7.09. The van der Waals surface area contributed by atoms with E-state index in [1.165, 1.54) is 23.2 Å². The van der Waals surface area contributed by atoms with Gasteiger partial charge in [-0.25, -0.2) is 4.98 Å². The van der Waals surface area contributed by atoms with Crippen LogP contribution in [0.3, 0.4) is 0 Å². The molecule has 3 rings (SSSR count). The van der Waals surface area contributed by atoms with E-state index in [9.17, 15) is 0 Å². The lowest BCUT2D eigenvalue weighted by molar-refractivity contribution is 0.681. The molecule has 2 aromatic rings. The van der Waals surface area contributed by atoms with E-state index in [4.69, 9.17) is 0 Å². The standard InChI is InChI=1S/C15H19N3S/c1-11-17-14(10-19-11)9-16-8-12-3-4-15-13(7-12)5-6-18(15)2/h3-4,7,10,16H,5-6,8-9H2,1-2H3. The summed E-state index contributed by atoms with van der Waals surface area (Å²) in [5.41, 5.74) is 5.37. The molecule has 4 heteroatoms. The van der Waals surface area contributed by atoms with Crippen LogP contribution in [0, 0.1) is 6.92 Å². The van der Waals surface area contributed by atoms with Crippen LogP contribution in [0.5, 0.6) is 0 Å². The summed E-state index contributed by atoms with van der Waals surface area (Å²) < 4.78 is 0. The fourth-order valence-corrected chi connectivity index (χ4v) is 3.17. The second-order valence-corrected chi connectivity index (χ2v) is 6.16. The number of hydrogen-bond donors (Lipinski definition) is 1. The van der Waals surface area contributed by atoms with E-state index < -0.39 is 0 Å². The average molecular weight is 273 g/mol. The molecular weight excluding hydrogens is 254 g/mol. The molecule has 1 aromatic heterocycles. The van der Waals surface area contributed by atoms with Gasteiger partial charge in [0.1, 0.15) is 0 Å². The maximum atomic E-state index is 4.46. The molecule has 0 radical (unpaired) electrons. The number of likely N-dealkylation sites (N-methyl/N-ethyl adjacent to an activating group) is 1. The Morgan fingerprint density at radius 2 is 2.26 bits per heavy atom. The lowest BCUT2D eigenvalue weighted by atomic mass is 10.1. The fourth-order valence-electron chi connectivity index (χ4n) is 2.55. The van der Waals surface area contributed by atoms with Gasteiger partial charge in [0.05, 0.1) is 10.7 Å². The molecule has 1 aliphatic heterocycles. The SMILES string of the molecule is Cc1nc(CNCc2ccc3c(c2)CCN3C)cs1. The van der Waals surface area contributed by atoms with Crippen LogP contribution in [-0.2, 0) is 19.5 Å². The van der Waals surface area contributed by atoms with Crippen molar-refractivity contribution in [2.75, 3.05) is 18.5 Å². The van der Waals surface area contributed by atoms with Crippen molar-refractivity contribution in [3.63, 3.8) is 0 Å². The van der Waals surface area contributed by atoms with Gasteiger partial charge >= 0.3 is 0 Å². The van der Waals surface area contributed by atoms with Crippen molar-refractivity contribution in [2.24, 2.45) is 0 Å². The quantitative estimate of drug-likeness (QED) is 0.928. The van der Waals surface area contributed by atoms with E-state index >= 15 is 0 Å². The number of nitrogens with zero attached hydrogens (tertiary/aromatic N) is 2. The van der Waals surface area contributed by atoms with Gasteiger partial charge in [-0.1, -0.05) is 12.1 Å². The zero-order chi connectivity index (χ0) is 13.2. The van der Waals surface area contributed by atoms with E-state index in [0.717, 1.165) is 30.3 Å². The van der Waals surface area contributed by atoms with Gasteiger partial charge in [0.25, 0.3) is 0 Å². The monoisotopic (exact) mass is 273 g/mol. The zero-order valence-corrected chi connectivity index (χ0v) is 12.3. The maximum Gasteiger partial charge on any atom is 0.0897 e. The van der Waals surface area contributed by atoms with E-state index in [2.05, 4.69) is 45.8 Å². The summed E-state index contributed by atoms with van der Waals surface area (Å²) in [7, 11) is 2.16. The number of nitrogens with one attached hydrogen (secondary N) is 1. The predicted octanol–water partition coefficient (Wildman–Crippen LogP) is 2.73. The largest absolute Gasteiger partial charge is 0.374 e. The third-order valence-electron chi connectivity index (χ3n) is 3.57. The Kier molecular flexibility index (Phi) is 3.53. The van der Waals surface area contributed by atoms with Crippen molar-refractivity contribution >= 4 is 17.0 Å². The molecule has 0 saturated carbocycles. The third-order valence-corrected chi connectivity index (χ3v) is 4.40. The Morgan fingerprint density at radius 1 is 1.37 bits per heavy atom. The summed E-state index contributed by atoms with van der Waals surface area (Å²) in [5.74, 6) is 0. The maximum absolute atomic E-state index is 4.46. The smallest absolute Gasteiger partial charge is 0.0897 e. The molecule has 0 fully saturated rings. The summed E-state index contributed by atoms with van der Waals surface area (Å²) in [5, 5.41) is 6.73. The van der Waals surface area contributed by atoms with Crippen LogP contribution in [0.2, 0.25) is 0 Å². The summed E-state index contributed by atoms with van der Waals surface area (Å²) >= 11 is 1.71. The molecule has 0 unspecified atom stereocenters. The molecule has 1 aliphatic rings. The molecule has 19 heavy (non-hydrogen) atoms. The number of hydrogen-bond acceptors (Lipinski definition) is 4. The Hall–Kier alpha value is -1.39. The first-order valence-corrected chi connectivity index (χ1v) is 7.55. The van der Waals surface area contributed by atoms with Gasteiger partial charge in [-0.3, -0.25) is 0 Å². The van der Waals surface area contributed by atoms with Crippen molar-refractivity contribution in [3.05, 3.63) is 45.4 Å². The zero-order valence-electron chi connectivity index (χ0n) is 11.4. The number of thiazole rings is 1. The van der Waals surface area contributed by atoms with Gasteiger partial charge in [-0.05, 0) is 30.5 Å². The second-order valence-electron chi connectivity index (χ2n) is 5.10. The minimum absolute atomic E-state index is 0.849. The third kappa shape index (κ3) is 2.80. The van der Waals surface area contributed by atoms with Crippen LogP contribution in [0.25, 0.3) is 0 Å². The molecule has 0 atom stereocenters. The first-order chi connectivity index (χ1) is 9.22. The van der Waals surface area contributed by atoms with E-state index in [-0.39, 0.29) is 0 Å². The molecule has 3 nitrogen and oxygen atoms in total. The normalized spacial score (nSPS) is 13.9. The molecule has 1 aromatic carbocycles. The Labute approximate surface area is 118 Å². The fraction of sp³-hybridized carbons (Fsp3) is 0.400. The van der Waals surface area contributed by atoms with Crippen molar-refractivity contribution in [3.8, 4) is 0 Å². The predicted molar refractivity (Wildman–Crippen MR) is 80.8 cm³/mol. The van der Waals surface area contributed by atoms with Crippen LogP contribution in [-0.4, -0.2) is 18.6 Å². The van der Waals surface area contributed by atoms with Gasteiger partial charge in [0.15, 0.2) is 0 Å². The number of aromatic nitrogens is 1. The molecule has 100 valence electrons. The molecule has 0 amide bonds. The van der Waals surface area contributed by atoms with E-state index in [0.29, 0.717) is 0 Å². The number of fused-ring (bicyclic) bond motifs is 1. The number of aryl methyl sites for hydroxylation is 1. The summed E-state index contributed by atoms with van der Waals surface area (Å²) in [6.45, 7) is 4.95. The molecule has 0 saturated heterocycles. The van der Waals surface area contributed by atoms with Crippen LogP contribution in [0.1, 0.15) is 21.8 Å². The van der Waals surface area contributed by atoms with Gasteiger partial charge in [0, 0.05) is 37.7 Å². The van der Waals surface area contributed by atoms with Crippen molar-refractivity contribution in [2.45, 2.75) is 26.4 Å². The summed E-state index contributed by atoms with van der Waals surface area (Å²) in [6.07, 6.45) is 1.17. The van der Waals surface area contributed by atoms with Gasteiger partial charge in [-0.2, -0.15) is 0 Å². The average Bonchev–Trinajstić information content (AvgIpc) is 2.97. The van der Waals surface area contributed by atoms with Crippen molar-refractivity contribution in [1.29, 1.82) is 0 Å². The van der Waals surface area contributed by atoms with E-state index in [1.54, 1.807) is 11.3 Å². The highest BCUT2D eigenvalue weighted by Crippen LogP contribution is 2.27. The molecule has 0 aliphatic carbocycles. The Balaban J connectivity index is 1.59. The highest BCUT2D eigenvalue weighted by atomic mass is 32.1. The van der Waals surface area contributed by atoms with Crippen molar-refractivity contribution < 1.29 is 0 Å². The first-order valence-electron chi connectivity index (χ1n) is 6.67. The minimum Gasteiger partial charge on any atom is -0.374 e.